The highest BCUT2D eigenvalue weighted by Gasteiger charge is 2.11. The molecule has 0 aromatic heterocycles. The van der Waals surface area contributed by atoms with Gasteiger partial charge in [0, 0.05) is 11.7 Å². The van der Waals surface area contributed by atoms with Crippen molar-refractivity contribution in [2.75, 3.05) is 11.1 Å². The highest BCUT2D eigenvalue weighted by molar-refractivity contribution is 5.95. The highest BCUT2D eigenvalue weighted by Crippen LogP contribution is 2.21. The van der Waals surface area contributed by atoms with Gasteiger partial charge in [-0.05, 0) is 31.5 Å². The number of hydrogen-bond acceptors (Lipinski definition) is 3. The minimum atomic E-state index is -0.935. The largest absolute Gasteiger partial charge is 0.478 e. The molecule has 0 spiro atoms. The van der Waals surface area contributed by atoms with Gasteiger partial charge in [-0.15, -0.1) is 0 Å². The summed E-state index contributed by atoms with van der Waals surface area (Å²) in [5, 5.41) is 12.3. The number of hydrogen-bond donors (Lipinski definition) is 3. The minimum absolute atomic E-state index is 0.245. The van der Waals surface area contributed by atoms with Crippen molar-refractivity contribution in [2.45, 2.75) is 39.2 Å². The van der Waals surface area contributed by atoms with E-state index in [1.54, 1.807) is 12.1 Å². The molecule has 1 rings (SSSR count). The van der Waals surface area contributed by atoms with Gasteiger partial charge < -0.3 is 16.2 Å². The molecule has 0 heterocycles. The second kappa shape index (κ2) is 6.13. The van der Waals surface area contributed by atoms with Gasteiger partial charge in [0.05, 0.1) is 11.3 Å². The normalized spacial score (nSPS) is 12.1. The number of rotatable bonds is 6. The highest BCUT2D eigenvalue weighted by atomic mass is 16.4. The van der Waals surface area contributed by atoms with E-state index < -0.39 is 5.97 Å². The smallest absolute Gasteiger partial charge is 0.337 e. The molecule has 0 radical (unpaired) electrons. The molecule has 4 heteroatoms. The molecule has 0 aliphatic heterocycles. The summed E-state index contributed by atoms with van der Waals surface area (Å²) in [4.78, 5) is 11.0. The first kappa shape index (κ1) is 13.4. The van der Waals surface area contributed by atoms with Crippen LogP contribution in [-0.2, 0) is 0 Å². The maximum Gasteiger partial charge on any atom is 0.337 e. The third-order valence-electron chi connectivity index (χ3n) is 2.67. The summed E-state index contributed by atoms with van der Waals surface area (Å²) in [7, 11) is 0. The topological polar surface area (TPSA) is 75.3 Å². The number of carbonyl (C=O) groups is 1. The molecular weight excluding hydrogens is 216 g/mol. The predicted molar refractivity (Wildman–Crippen MR) is 70.4 cm³/mol. The summed E-state index contributed by atoms with van der Waals surface area (Å²) < 4.78 is 0. The average molecular weight is 236 g/mol. The molecule has 0 aliphatic carbocycles. The number of nitrogen functional groups attached to an aromatic ring is 1. The van der Waals surface area contributed by atoms with E-state index in [0.29, 0.717) is 11.4 Å². The quantitative estimate of drug-likeness (QED) is 0.664. The van der Waals surface area contributed by atoms with E-state index in [1.807, 2.05) is 6.92 Å². The first-order valence-corrected chi connectivity index (χ1v) is 5.94. The third kappa shape index (κ3) is 3.98. The second-order valence-corrected chi connectivity index (χ2v) is 4.30. The number of benzene rings is 1. The molecule has 0 bridgehead atoms. The zero-order chi connectivity index (χ0) is 12.8. The first-order valence-electron chi connectivity index (χ1n) is 5.94. The summed E-state index contributed by atoms with van der Waals surface area (Å²) >= 11 is 0. The Kier molecular flexibility index (Phi) is 4.82. The Balaban J connectivity index is 2.81. The Morgan fingerprint density at radius 2 is 2.24 bits per heavy atom. The molecule has 1 atom stereocenters. The van der Waals surface area contributed by atoms with Gasteiger partial charge in [0.25, 0.3) is 0 Å². The van der Waals surface area contributed by atoms with Crippen LogP contribution in [0.1, 0.15) is 43.5 Å². The van der Waals surface area contributed by atoms with Crippen LogP contribution >= 0.6 is 0 Å². The molecule has 0 amide bonds. The van der Waals surface area contributed by atoms with Crippen LogP contribution in [0, 0.1) is 0 Å². The van der Waals surface area contributed by atoms with Crippen molar-refractivity contribution in [1.82, 2.24) is 0 Å². The fraction of sp³-hybridized carbons (Fsp3) is 0.462. The van der Waals surface area contributed by atoms with E-state index in [1.165, 1.54) is 6.07 Å². The van der Waals surface area contributed by atoms with Gasteiger partial charge in [-0.3, -0.25) is 0 Å². The molecule has 94 valence electrons. The van der Waals surface area contributed by atoms with E-state index in [9.17, 15) is 4.79 Å². The van der Waals surface area contributed by atoms with Crippen molar-refractivity contribution in [3.05, 3.63) is 23.8 Å². The molecule has 0 saturated carbocycles. The summed E-state index contributed by atoms with van der Waals surface area (Å²) in [5.74, 6) is -0.935. The van der Waals surface area contributed by atoms with Crippen molar-refractivity contribution in [3.63, 3.8) is 0 Å². The van der Waals surface area contributed by atoms with Gasteiger partial charge in [-0.2, -0.15) is 0 Å². The number of aromatic carboxylic acids is 1. The summed E-state index contributed by atoms with van der Waals surface area (Å²) in [6, 6.07) is 5.05. The van der Waals surface area contributed by atoms with Crippen LogP contribution in [0.4, 0.5) is 11.4 Å². The van der Waals surface area contributed by atoms with Crippen molar-refractivity contribution in [1.29, 1.82) is 0 Å². The van der Waals surface area contributed by atoms with E-state index in [4.69, 9.17) is 10.8 Å². The Labute approximate surface area is 102 Å². The number of carboxylic acids is 1. The van der Waals surface area contributed by atoms with Gasteiger partial charge in [0.15, 0.2) is 0 Å². The molecule has 4 nitrogen and oxygen atoms in total. The monoisotopic (exact) mass is 236 g/mol. The zero-order valence-electron chi connectivity index (χ0n) is 10.4. The predicted octanol–water partition coefficient (Wildman–Crippen LogP) is 2.96. The van der Waals surface area contributed by atoms with Gasteiger partial charge in [0.1, 0.15) is 0 Å². The van der Waals surface area contributed by atoms with E-state index in [2.05, 4.69) is 12.2 Å². The first-order chi connectivity index (χ1) is 8.04. The second-order valence-electron chi connectivity index (χ2n) is 4.30. The number of unbranched alkanes of at least 4 members (excludes halogenated alkanes) is 1. The van der Waals surface area contributed by atoms with Gasteiger partial charge >= 0.3 is 5.97 Å². The maximum absolute atomic E-state index is 11.0. The zero-order valence-corrected chi connectivity index (χ0v) is 10.4. The van der Waals surface area contributed by atoms with Crippen LogP contribution in [0.5, 0.6) is 0 Å². The molecule has 0 saturated heterocycles. The van der Waals surface area contributed by atoms with Gasteiger partial charge in [0.2, 0.25) is 0 Å². The van der Waals surface area contributed by atoms with Crippen LogP contribution < -0.4 is 11.1 Å². The number of carboxylic acid groups (broad SMARTS) is 1. The molecule has 0 fully saturated rings. The molecule has 17 heavy (non-hydrogen) atoms. The molecule has 4 N–H and O–H groups in total. The van der Waals surface area contributed by atoms with Gasteiger partial charge in [-0.1, -0.05) is 19.8 Å². The fourth-order valence-corrected chi connectivity index (χ4v) is 1.72. The Bertz CT molecular complexity index is 391. The molecule has 1 aromatic carbocycles. The average Bonchev–Trinajstić information content (AvgIpc) is 2.26. The lowest BCUT2D eigenvalue weighted by atomic mass is 10.1. The Hall–Kier alpha value is -1.71. The van der Waals surface area contributed by atoms with Crippen LogP contribution in [0.2, 0.25) is 0 Å². The molecule has 1 unspecified atom stereocenters. The van der Waals surface area contributed by atoms with Crippen molar-refractivity contribution >= 4 is 17.3 Å². The Morgan fingerprint density at radius 1 is 1.53 bits per heavy atom. The number of nitrogens with two attached hydrogens (primary N) is 1. The minimum Gasteiger partial charge on any atom is -0.478 e. The summed E-state index contributed by atoms with van der Waals surface area (Å²) in [6.07, 6.45) is 3.28. The summed E-state index contributed by atoms with van der Waals surface area (Å²) in [5.41, 5.74) is 7.10. The molecular formula is C13H20N2O2. The lowest BCUT2D eigenvalue weighted by Crippen LogP contribution is -2.17. The standard InChI is InChI=1S/C13H20N2O2/c1-3-4-5-9(2)15-12-8-10(14)6-7-11(12)13(16)17/h6-9,15H,3-5,14H2,1-2H3,(H,16,17). The van der Waals surface area contributed by atoms with Gasteiger partial charge in [-0.25, -0.2) is 4.79 Å². The van der Waals surface area contributed by atoms with Crippen LogP contribution in [-0.4, -0.2) is 17.1 Å². The lowest BCUT2D eigenvalue weighted by molar-refractivity contribution is 0.0698. The van der Waals surface area contributed by atoms with E-state index >= 15 is 0 Å². The van der Waals surface area contributed by atoms with E-state index in [0.717, 1.165) is 19.3 Å². The molecule has 0 aliphatic rings. The maximum atomic E-state index is 11.0. The number of nitrogens with one attached hydrogen (secondary N) is 1. The number of anilines is 2. The van der Waals surface area contributed by atoms with Crippen molar-refractivity contribution in [2.24, 2.45) is 0 Å². The third-order valence-corrected chi connectivity index (χ3v) is 2.67. The van der Waals surface area contributed by atoms with Crippen molar-refractivity contribution in [3.8, 4) is 0 Å². The Morgan fingerprint density at radius 3 is 2.82 bits per heavy atom. The summed E-state index contributed by atoms with van der Waals surface area (Å²) in [6.45, 7) is 4.18. The van der Waals surface area contributed by atoms with Crippen LogP contribution in [0.15, 0.2) is 18.2 Å². The van der Waals surface area contributed by atoms with E-state index in [-0.39, 0.29) is 11.6 Å². The lowest BCUT2D eigenvalue weighted by Gasteiger charge is -2.17. The molecule has 1 aromatic rings. The van der Waals surface area contributed by atoms with Crippen LogP contribution in [0.3, 0.4) is 0 Å². The van der Waals surface area contributed by atoms with Crippen LogP contribution in [0.25, 0.3) is 0 Å². The fourth-order valence-electron chi connectivity index (χ4n) is 1.72. The van der Waals surface area contributed by atoms with Crippen molar-refractivity contribution < 1.29 is 9.90 Å². The SMILES string of the molecule is CCCCC(C)Nc1cc(N)ccc1C(=O)O.